The predicted octanol–water partition coefficient (Wildman–Crippen LogP) is 4.42. The molecule has 26 heavy (non-hydrogen) atoms. The molecule has 0 aliphatic heterocycles. The number of unbranched alkanes of at least 4 members (excludes halogenated alkanes) is 1. The number of fused-ring (bicyclic) bond motifs is 3. The average Bonchev–Trinajstić information content (AvgIpc) is 3.00. The quantitative estimate of drug-likeness (QED) is 0.548. The van der Waals surface area contributed by atoms with Crippen LogP contribution >= 0.6 is 0 Å². The fraction of sp³-hybridized carbons (Fsp3) is 0.500. The molecule has 0 aliphatic carbocycles. The lowest BCUT2D eigenvalue weighted by molar-refractivity contribution is 0.302. The summed E-state index contributed by atoms with van der Waals surface area (Å²) in [4.78, 5) is 7.17. The molecular formula is C22H32N4. The molecular weight excluding hydrogens is 320 g/mol. The molecule has 3 aromatic rings. The molecule has 4 nitrogen and oxygen atoms in total. The van der Waals surface area contributed by atoms with Crippen LogP contribution in [0.1, 0.15) is 39.3 Å². The molecule has 0 saturated carbocycles. The van der Waals surface area contributed by atoms with E-state index in [4.69, 9.17) is 4.98 Å². The number of para-hydroxylation sites is 1. The molecule has 2 aromatic heterocycles. The van der Waals surface area contributed by atoms with E-state index in [1.165, 1.54) is 34.6 Å². The monoisotopic (exact) mass is 352 g/mol. The average molecular weight is 353 g/mol. The van der Waals surface area contributed by atoms with Crippen molar-refractivity contribution >= 4 is 21.8 Å². The molecule has 0 saturated heterocycles. The first-order valence-electron chi connectivity index (χ1n) is 10.1. The normalized spacial score (nSPS) is 11.8. The summed E-state index contributed by atoms with van der Waals surface area (Å²) in [6.07, 6.45) is 4.46. The first-order chi connectivity index (χ1) is 12.8. The minimum Gasteiger partial charge on any atom is -0.339 e. The number of benzene rings is 1. The van der Waals surface area contributed by atoms with Crippen molar-refractivity contribution in [1.29, 1.82) is 0 Å². The van der Waals surface area contributed by atoms with E-state index in [-0.39, 0.29) is 0 Å². The number of rotatable bonds is 10. The molecule has 0 atom stereocenters. The van der Waals surface area contributed by atoms with Crippen molar-refractivity contribution in [1.82, 2.24) is 19.8 Å². The molecule has 1 aromatic carbocycles. The van der Waals surface area contributed by atoms with Gasteiger partial charge in [0.05, 0.1) is 17.4 Å². The second-order valence-electron chi connectivity index (χ2n) is 6.92. The summed E-state index contributed by atoms with van der Waals surface area (Å²) >= 11 is 0. The number of likely N-dealkylation sites (N-methyl/N-ethyl adjacent to an activating group) is 1. The minimum absolute atomic E-state index is 0.825. The molecule has 140 valence electrons. The van der Waals surface area contributed by atoms with E-state index in [0.29, 0.717) is 0 Å². The molecule has 0 fully saturated rings. The van der Waals surface area contributed by atoms with Crippen LogP contribution in [0.15, 0.2) is 36.5 Å². The second kappa shape index (κ2) is 9.15. The predicted molar refractivity (Wildman–Crippen MR) is 112 cm³/mol. The highest BCUT2D eigenvalue weighted by Gasteiger charge is 2.11. The molecule has 2 heterocycles. The lowest BCUT2D eigenvalue weighted by Gasteiger charge is -2.17. The molecule has 3 rings (SSSR count). The molecule has 0 unspecified atom stereocenters. The number of hydrogen-bond donors (Lipinski definition) is 1. The zero-order chi connectivity index (χ0) is 18.4. The number of pyridine rings is 1. The number of aryl methyl sites for hydroxylation is 1. The summed E-state index contributed by atoms with van der Waals surface area (Å²) in [5.41, 5.74) is 3.70. The molecule has 0 amide bonds. The summed E-state index contributed by atoms with van der Waals surface area (Å²) in [6, 6.07) is 11.0. The van der Waals surface area contributed by atoms with E-state index in [9.17, 15) is 0 Å². The van der Waals surface area contributed by atoms with E-state index in [2.05, 4.69) is 72.1 Å². The highest BCUT2D eigenvalue weighted by molar-refractivity contribution is 6.07. The van der Waals surface area contributed by atoms with Gasteiger partial charge < -0.3 is 14.8 Å². The maximum atomic E-state index is 4.73. The van der Waals surface area contributed by atoms with Crippen molar-refractivity contribution in [3.63, 3.8) is 0 Å². The van der Waals surface area contributed by atoms with Crippen molar-refractivity contribution in [2.24, 2.45) is 0 Å². The molecule has 0 bridgehead atoms. The summed E-state index contributed by atoms with van der Waals surface area (Å²) < 4.78 is 2.43. The van der Waals surface area contributed by atoms with Crippen molar-refractivity contribution in [3.05, 3.63) is 42.2 Å². The van der Waals surface area contributed by atoms with Gasteiger partial charge in [0.15, 0.2) is 0 Å². The van der Waals surface area contributed by atoms with Crippen molar-refractivity contribution < 1.29 is 0 Å². The Morgan fingerprint density at radius 2 is 1.85 bits per heavy atom. The van der Waals surface area contributed by atoms with Crippen LogP contribution in [0, 0.1) is 0 Å². The lowest BCUT2D eigenvalue weighted by Crippen LogP contribution is -2.31. The Bertz CT molecular complexity index is 833. The minimum atomic E-state index is 0.825. The van der Waals surface area contributed by atoms with Gasteiger partial charge in [0.1, 0.15) is 0 Å². The van der Waals surface area contributed by atoms with Gasteiger partial charge in [-0.2, -0.15) is 0 Å². The highest BCUT2D eigenvalue weighted by Crippen LogP contribution is 2.29. The number of nitrogens with zero attached hydrogens (tertiary/aromatic N) is 3. The highest BCUT2D eigenvalue weighted by atomic mass is 15.1. The van der Waals surface area contributed by atoms with Crippen LogP contribution in [0.2, 0.25) is 0 Å². The fourth-order valence-corrected chi connectivity index (χ4v) is 3.64. The largest absolute Gasteiger partial charge is 0.339 e. The SMILES string of the molecule is CCCCn1c2ccccc2c2cc(CNCCN(CC)CC)ncc21. The zero-order valence-electron chi connectivity index (χ0n) is 16.5. The maximum absolute atomic E-state index is 4.73. The van der Waals surface area contributed by atoms with Crippen LogP contribution < -0.4 is 5.32 Å². The van der Waals surface area contributed by atoms with E-state index in [1.807, 2.05) is 0 Å². The topological polar surface area (TPSA) is 33.1 Å². The Morgan fingerprint density at radius 3 is 2.62 bits per heavy atom. The molecule has 0 spiro atoms. The molecule has 4 heteroatoms. The van der Waals surface area contributed by atoms with Crippen molar-refractivity contribution in [3.8, 4) is 0 Å². The van der Waals surface area contributed by atoms with Crippen LogP contribution in [0.5, 0.6) is 0 Å². The van der Waals surface area contributed by atoms with Gasteiger partial charge in [0.25, 0.3) is 0 Å². The van der Waals surface area contributed by atoms with E-state index in [0.717, 1.165) is 45.0 Å². The number of aromatic nitrogens is 2. The Balaban J connectivity index is 1.79. The van der Waals surface area contributed by atoms with Crippen LogP contribution in [0.4, 0.5) is 0 Å². The fourth-order valence-electron chi connectivity index (χ4n) is 3.64. The van der Waals surface area contributed by atoms with Crippen LogP contribution in [-0.4, -0.2) is 40.6 Å². The number of nitrogens with one attached hydrogen (secondary N) is 1. The van der Waals surface area contributed by atoms with Crippen molar-refractivity contribution in [2.45, 2.75) is 46.7 Å². The van der Waals surface area contributed by atoms with Crippen LogP contribution in [0.25, 0.3) is 21.8 Å². The van der Waals surface area contributed by atoms with Crippen molar-refractivity contribution in [2.75, 3.05) is 26.2 Å². The Morgan fingerprint density at radius 1 is 1.04 bits per heavy atom. The van der Waals surface area contributed by atoms with Gasteiger partial charge in [-0.05, 0) is 31.6 Å². The summed E-state index contributed by atoms with van der Waals surface area (Å²) in [7, 11) is 0. The first kappa shape index (κ1) is 18.9. The van der Waals surface area contributed by atoms with Crippen LogP contribution in [0.3, 0.4) is 0 Å². The summed E-state index contributed by atoms with van der Waals surface area (Å²) in [5.74, 6) is 0. The smallest absolute Gasteiger partial charge is 0.0678 e. The van der Waals surface area contributed by atoms with E-state index < -0.39 is 0 Å². The third-order valence-corrected chi connectivity index (χ3v) is 5.26. The standard InChI is InChI=1S/C22H32N4/c1-4-7-13-26-21-11-9-8-10-19(21)20-15-18(24-17-22(20)26)16-23-12-14-25(5-2)6-3/h8-11,15,17,23H,4-7,12-14,16H2,1-3H3. The van der Waals surface area contributed by atoms with Gasteiger partial charge in [-0.15, -0.1) is 0 Å². The van der Waals surface area contributed by atoms with Gasteiger partial charge in [0.2, 0.25) is 0 Å². The molecule has 0 radical (unpaired) electrons. The van der Waals surface area contributed by atoms with E-state index >= 15 is 0 Å². The first-order valence-corrected chi connectivity index (χ1v) is 10.1. The Labute approximate surface area is 157 Å². The second-order valence-corrected chi connectivity index (χ2v) is 6.92. The zero-order valence-corrected chi connectivity index (χ0v) is 16.5. The molecule has 0 aliphatic rings. The molecule has 1 N–H and O–H groups in total. The summed E-state index contributed by atoms with van der Waals surface area (Å²) in [5, 5.41) is 6.21. The van der Waals surface area contributed by atoms with Crippen LogP contribution in [-0.2, 0) is 13.1 Å². The van der Waals surface area contributed by atoms with Gasteiger partial charge in [0, 0.05) is 42.5 Å². The van der Waals surface area contributed by atoms with Gasteiger partial charge in [-0.3, -0.25) is 4.98 Å². The third kappa shape index (κ3) is 4.08. The van der Waals surface area contributed by atoms with Gasteiger partial charge >= 0.3 is 0 Å². The third-order valence-electron chi connectivity index (χ3n) is 5.26. The number of hydrogen-bond acceptors (Lipinski definition) is 3. The Kier molecular flexibility index (Phi) is 6.64. The summed E-state index contributed by atoms with van der Waals surface area (Å²) in [6.45, 7) is 12.9. The van der Waals surface area contributed by atoms with Gasteiger partial charge in [-0.1, -0.05) is 45.4 Å². The lowest BCUT2D eigenvalue weighted by atomic mass is 10.1. The maximum Gasteiger partial charge on any atom is 0.0678 e. The van der Waals surface area contributed by atoms with E-state index in [1.54, 1.807) is 0 Å². The van der Waals surface area contributed by atoms with Gasteiger partial charge in [-0.25, -0.2) is 0 Å². The Hall–Kier alpha value is -1.91.